The molecule has 0 spiro atoms. The molecule has 7 heteroatoms. The fourth-order valence-corrected chi connectivity index (χ4v) is 3.85. The van der Waals surface area contributed by atoms with E-state index in [9.17, 15) is 4.79 Å². The molecule has 27 heavy (non-hydrogen) atoms. The SMILES string of the molecule is CCOc1ccc(Br)cc1NC(=O)N1CCCC1c1nc2ccccc2[nH]1. The number of ether oxygens (including phenoxy) is 1. The third-order valence-electron chi connectivity index (χ3n) is 4.72. The van der Waals surface area contributed by atoms with Crippen LogP contribution in [-0.4, -0.2) is 34.1 Å². The first-order valence-corrected chi connectivity index (χ1v) is 9.89. The highest BCUT2D eigenvalue weighted by molar-refractivity contribution is 9.10. The fourth-order valence-electron chi connectivity index (χ4n) is 3.49. The number of amides is 2. The summed E-state index contributed by atoms with van der Waals surface area (Å²) in [4.78, 5) is 22.9. The van der Waals surface area contributed by atoms with Crippen molar-refractivity contribution < 1.29 is 9.53 Å². The summed E-state index contributed by atoms with van der Waals surface area (Å²) >= 11 is 3.45. The zero-order valence-electron chi connectivity index (χ0n) is 15.0. The van der Waals surface area contributed by atoms with Gasteiger partial charge in [0.1, 0.15) is 11.6 Å². The second-order valence-corrected chi connectivity index (χ2v) is 7.41. The monoisotopic (exact) mass is 428 g/mol. The van der Waals surface area contributed by atoms with E-state index in [1.165, 1.54) is 0 Å². The molecule has 1 aliphatic heterocycles. The Hall–Kier alpha value is -2.54. The first-order valence-electron chi connectivity index (χ1n) is 9.10. The van der Waals surface area contributed by atoms with Crippen LogP contribution in [0.2, 0.25) is 0 Å². The number of nitrogens with one attached hydrogen (secondary N) is 2. The van der Waals surface area contributed by atoms with Crippen LogP contribution in [0.5, 0.6) is 5.75 Å². The van der Waals surface area contributed by atoms with Crippen molar-refractivity contribution in [2.24, 2.45) is 0 Å². The van der Waals surface area contributed by atoms with Crippen LogP contribution in [0.15, 0.2) is 46.9 Å². The second kappa shape index (κ2) is 7.60. The van der Waals surface area contributed by atoms with E-state index in [4.69, 9.17) is 4.74 Å². The largest absolute Gasteiger partial charge is 0.492 e. The van der Waals surface area contributed by atoms with Gasteiger partial charge in [0.2, 0.25) is 0 Å². The first kappa shape index (κ1) is 17.9. The zero-order valence-corrected chi connectivity index (χ0v) is 16.6. The number of hydrogen-bond acceptors (Lipinski definition) is 3. The molecule has 1 atom stereocenters. The summed E-state index contributed by atoms with van der Waals surface area (Å²) in [6.45, 7) is 3.16. The molecule has 2 N–H and O–H groups in total. The van der Waals surface area contributed by atoms with Crippen LogP contribution in [0, 0.1) is 0 Å². The number of likely N-dealkylation sites (tertiary alicyclic amines) is 1. The molecule has 0 saturated carbocycles. The van der Waals surface area contributed by atoms with Gasteiger partial charge < -0.3 is 19.9 Å². The number of aromatic amines is 1. The molecule has 1 saturated heterocycles. The van der Waals surface area contributed by atoms with E-state index in [0.29, 0.717) is 24.6 Å². The molecule has 0 radical (unpaired) electrons. The average molecular weight is 429 g/mol. The smallest absolute Gasteiger partial charge is 0.322 e. The number of aromatic nitrogens is 2. The predicted molar refractivity (Wildman–Crippen MR) is 109 cm³/mol. The van der Waals surface area contributed by atoms with Gasteiger partial charge in [-0.1, -0.05) is 28.1 Å². The van der Waals surface area contributed by atoms with E-state index < -0.39 is 0 Å². The van der Waals surface area contributed by atoms with Gasteiger partial charge in [-0.3, -0.25) is 0 Å². The number of fused-ring (bicyclic) bond motifs is 1. The van der Waals surface area contributed by atoms with E-state index in [0.717, 1.165) is 34.2 Å². The van der Waals surface area contributed by atoms with Gasteiger partial charge in [-0.25, -0.2) is 9.78 Å². The van der Waals surface area contributed by atoms with E-state index in [1.54, 1.807) is 0 Å². The van der Waals surface area contributed by atoms with Crippen LogP contribution in [0.4, 0.5) is 10.5 Å². The lowest BCUT2D eigenvalue weighted by molar-refractivity contribution is 0.205. The van der Waals surface area contributed by atoms with Crippen molar-refractivity contribution in [1.29, 1.82) is 0 Å². The number of para-hydroxylation sites is 2. The number of imidazole rings is 1. The highest BCUT2D eigenvalue weighted by Gasteiger charge is 2.32. The predicted octanol–water partition coefficient (Wildman–Crippen LogP) is 5.09. The Morgan fingerprint density at radius 2 is 2.22 bits per heavy atom. The van der Waals surface area contributed by atoms with E-state index >= 15 is 0 Å². The third-order valence-corrected chi connectivity index (χ3v) is 5.21. The number of halogens is 1. The number of carbonyl (C=O) groups is 1. The minimum atomic E-state index is -0.142. The molecule has 140 valence electrons. The fraction of sp³-hybridized carbons (Fsp3) is 0.300. The minimum Gasteiger partial charge on any atom is -0.492 e. The number of nitrogens with zero attached hydrogens (tertiary/aromatic N) is 2. The summed E-state index contributed by atoms with van der Waals surface area (Å²) in [5.74, 6) is 1.50. The summed E-state index contributed by atoms with van der Waals surface area (Å²) in [6, 6.07) is 13.3. The van der Waals surface area contributed by atoms with E-state index in [2.05, 4.69) is 31.2 Å². The molecule has 0 bridgehead atoms. The van der Waals surface area contributed by atoms with Crippen molar-refractivity contribution in [3.05, 3.63) is 52.8 Å². The molecule has 6 nitrogen and oxygen atoms in total. The van der Waals surface area contributed by atoms with Gasteiger partial charge in [-0.15, -0.1) is 0 Å². The Balaban J connectivity index is 1.57. The Morgan fingerprint density at radius 3 is 3.04 bits per heavy atom. The van der Waals surface area contributed by atoms with E-state index in [1.807, 2.05) is 54.3 Å². The summed E-state index contributed by atoms with van der Waals surface area (Å²) in [5, 5.41) is 3.00. The van der Waals surface area contributed by atoms with Crippen LogP contribution < -0.4 is 10.1 Å². The van der Waals surface area contributed by atoms with Crippen molar-refractivity contribution in [3.8, 4) is 5.75 Å². The number of hydrogen-bond donors (Lipinski definition) is 2. The van der Waals surface area contributed by atoms with Crippen LogP contribution in [0.25, 0.3) is 11.0 Å². The van der Waals surface area contributed by atoms with Gasteiger partial charge in [-0.2, -0.15) is 0 Å². The molecule has 2 heterocycles. The van der Waals surface area contributed by atoms with Crippen LogP contribution >= 0.6 is 15.9 Å². The molecule has 1 unspecified atom stereocenters. The molecular weight excluding hydrogens is 408 g/mol. The van der Waals surface area contributed by atoms with Crippen LogP contribution in [-0.2, 0) is 0 Å². The lowest BCUT2D eigenvalue weighted by Crippen LogP contribution is -2.35. The lowest BCUT2D eigenvalue weighted by Gasteiger charge is -2.24. The zero-order chi connectivity index (χ0) is 18.8. The van der Waals surface area contributed by atoms with Gasteiger partial charge >= 0.3 is 6.03 Å². The van der Waals surface area contributed by atoms with Gasteiger partial charge in [0.05, 0.1) is 29.4 Å². The van der Waals surface area contributed by atoms with Gasteiger partial charge in [0.25, 0.3) is 0 Å². The highest BCUT2D eigenvalue weighted by Crippen LogP contribution is 2.34. The Kier molecular flexibility index (Phi) is 5.03. The quantitative estimate of drug-likeness (QED) is 0.607. The lowest BCUT2D eigenvalue weighted by atomic mass is 10.2. The second-order valence-electron chi connectivity index (χ2n) is 6.49. The topological polar surface area (TPSA) is 70.2 Å². The average Bonchev–Trinajstić information content (AvgIpc) is 3.30. The van der Waals surface area contributed by atoms with Crippen molar-refractivity contribution in [3.63, 3.8) is 0 Å². The number of carbonyl (C=O) groups excluding carboxylic acids is 1. The number of H-pyrrole nitrogens is 1. The molecule has 1 fully saturated rings. The first-order chi connectivity index (χ1) is 13.2. The van der Waals surface area contributed by atoms with Crippen molar-refractivity contribution >= 4 is 38.7 Å². The summed E-state index contributed by atoms with van der Waals surface area (Å²) in [7, 11) is 0. The Morgan fingerprint density at radius 1 is 1.37 bits per heavy atom. The molecule has 2 amide bonds. The molecule has 0 aliphatic carbocycles. The summed E-state index contributed by atoms with van der Waals surface area (Å²) in [6.07, 6.45) is 1.84. The maximum Gasteiger partial charge on any atom is 0.322 e. The molecule has 3 aromatic rings. The highest BCUT2D eigenvalue weighted by atomic mass is 79.9. The number of anilines is 1. The molecule has 4 rings (SSSR count). The van der Waals surface area contributed by atoms with Crippen molar-refractivity contribution in [1.82, 2.24) is 14.9 Å². The summed E-state index contributed by atoms with van der Waals surface area (Å²) < 4.78 is 6.52. The summed E-state index contributed by atoms with van der Waals surface area (Å²) in [5.41, 5.74) is 2.57. The Bertz CT molecular complexity index is 939. The van der Waals surface area contributed by atoms with Gasteiger partial charge in [0, 0.05) is 11.0 Å². The molecule has 1 aromatic heterocycles. The molecular formula is C20H21BrN4O2. The number of urea groups is 1. The van der Waals surface area contributed by atoms with Crippen molar-refractivity contribution in [2.75, 3.05) is 18.5 Å². The number of benzene rings is 2. The van der Waals surface area contributed by atoms with Crippen molar-refractivity contribution in [2.45, 2.75) is 25.8 Å². The standard InChI is InChI=1S/C20H21BrN4O2/c1-2-27-18-10-9-13(21)12-16(18)24-20(26)25-11-5-8-17(25)19-22-14-6-3-4-7-15(14)23-19/h3-4,6-7,9-10,12,17H,2,5,8,11H2,1H3,(H,22,23)(H,24,26). The molecule has 1 aliphatic rings. The third kappa shape index (κ3) is 3.64. The van der Waals surface area contributed by atoms with Crippen LogP contribution in [0.3, 0.4) is 0 Å². The normalized spacial score (nSPS) is 16.7. The maximum absolute atomic E-state index is 13.0. The molecule has 2 aromatic carbocycles. The van der Waals surface area contributed by atoms with Crippen LogP contribution in [0.1, 0.15) is 31.6 Å². The number of rotatable bonds is 4. The van der Waals surface area contributed by atoms with Gasteiger partial charge in [-0.05, 0) is 50.1 Å². The Labute approximate surface area is 166 Å². The van der Waals surface area contributed by atoms with Gasteiger partial charge in [0.15, 0.2) is 0 Å². The maximum atomic E-state index is 13.0. The minimum absolute atomic E-state index is 0.0555. The van der Waals surface area contributed by atoms with E-state index in [-0.39, 0.29) is 12.1 Å².